The van der Waals surface area contributed by atoms with Crippen LogP contribution in [0.25, 0.3) is 0 Å². The zero-order valence-electron chi connectivity index (χ0n) is 9.34. The lowest BCUT2D eigenvalue weighted by molar-refractivity contribution is 0.306. The van der Waals surface area contributed by atoms with Crippen molar-refractivity contribution >= 4 is 0 Å². The van der Waals surface area contributed by atoms with Gasteiger partial charge in [0.25, 0.3) is 0 Å². The van der Waals surface area contributed by atoms with Crippen LogP contribution >= 0.6 is 0 Å². The van der Waals surface area contributed by atoms with E-state index in [1.807, 2.05) is 60.7 Å². The minimum absolute atomic E-state index is 0.539. The molecule has 0 saturated heterocycles. The molecule has 0 aromatic heterocycles. The summed E-state index contributed by atoms with van der Waals surface area (Å²) in [5.41, 5.74) is 1.99. The van der Waals surface area contributed by atoms with Crippen molar-refractivity contribution in [2.24, 2.45) is 0 Å². The first-order valence-corrected chi connectivity index (χ1v) is 5.38. The average Bonchev–Trinajstić information content (AvgIpc) is 2.39. The fourth-order valence-electron chi connectivity index (χ4n) is 1.51. The van der Waals surface area contributed by atoms with Crippen molar-refractivity contribution in [2.75, 3.05) is 0 Å². The van der Waals surface area contributed by atoms with E-state index < -0.39 is 0 Å². The molecule has 2 aromatic rings. The molecule has 0 unspecified atom stereocenters. The van der Waals surface area contributed by atoms with E-state index in [2.05, 4.69) is 0 Å². The van der Waals surface area contributed by atoms with Crippen molar-refractivity contribution in [3.05, 3.63) is 72.1 Å². The minimum atomic E-state index is 0.539. The van der Waals surface area contributed by atoms with Gasteiger partial charge in [-0.2, -0.15) is 5.26 Å². The van der Waals surface area contributed by atoms with E-state index in [-0.39, 0.29) is 0 Å². The molecule has 1 radical (unpaired) electrons. The van der Waals surface area contributed by atoms with Crippen molar-refractivity contribution in [2.45, 2.75) is 6.61 Å². The summed E-state index contributed by atoms with van der Waals surface area (Å²) in [5.74, 6) is 0.776. The zero-order chi connectivity index (χ0) is 11.9. The Morgan fingerprint density at radius 3 is 2.65 bits per heavy atom. The Hall–Kier alpha value is -2.27. The number of nitriles is 1. The molecule has 83 valence electrons. The molecular formula is C15H12NO. The first kappa shape index (κ1) is 11.2. The molecule has 2 rings (SSSR count). The van der Waals surface area contributed by atoms with Crippen LogP contribution in [0.15, 0.2) is 54.6 Å². The van der Waals surface area contributed by atoms with Gasteiger partial charge in [-0.3, -0.25) is 0 Å². The van der Waals surface area contributed by atoms with Crippen molar-refractivity contribution < 1.29 is 4.74 Å². The molecule has 0 atom stereocenters. The van der Waals surface area contributed by atoms with E-state index in [0.717, 1.165) is 16.9 Å². The van der Waals surface area contributed by atoms with Crippen LogP contribution in [0.2, 0.25) is 0 Å². The summed E-state index contributed by atoms with van der Waals surface area (Å²) in [6.07, 6.45) is 1.50. The Labute approximate surface area is 101 Å². The van der Waals surface area contributed by atoms with E-state index in [0.29, 0.717) is 6.61 Å². The maximum absolute atomic E-state index is 8.57. The van der Waals surface area contributed by atoms with Gasteiger partial charge in [-0.25, -0.2) is 0 Å². The van der Waals surface area contributed by atoms with Crippen molar-refractivity contribution in [3.63, 3.8) is 0 Å². The quantitative estimate of drug-likeness (QED) is 0.794. The van der Waals surface area contributed by atoms with Crippen LogP contribution in [0.5, 0.6) is 5.75 Å². The van der Waals surface area contributed by atoms with E-state index in [9.17, 15) is 0 Å². The average molecular weight is 222 g/mol. The molecule has 0 heterocycles. The van der Waals surface area contributed by atoms with Gasteiger partial charge < -0.3 is 4.74 Å². The maximum atomic E-state index is 8.57. The van der Waals surface area contributed by atoms with E-state index in [1.165, 1.54) is 6.42 Å². The molecule has 2 heteroatoms. The maximum Gasteiger partial charge on any atom is 0.120 e. The standard InChI is InChI=1S/C15H12NO/c16-10-9-13-7-4-8-15(11-13)17-12-14-5-2-1-3-6-14/h1-9,11H,12H2. The van der Waals surface area contributed by atoms with Crippen LogP contribution in [-0.2, 0) is 6.61 Å². The minimum Gasteiger partial charge on any atom is -0.489 e. The second kappa shape index (κ2) is 5.72. The molecule has 0 saturated carbocycles. The Bertz CT molecular complexity index is 514. The van der Waals surface area contributed by atoms with Gasteiger partial charge in [-0.15, -0.1) is 0 Å². The monoisotopic (exact) mass is 222 g/mol. The fourth-order valence-corrected chi connectivity index (χ4v) is 1.51. The fraction of sp³-hybridized carbons (Fsp3) is 0.0667. The van der Waals surface area contributed by atoms with Gasteiger partial charge in [0.1, 0.15) is 12.4 Å². The van der Waals surface area contributed by atoms with Gasteiger partial charge in [0.05, 0.1) is 12.5 Å². The van der Waals surface area contributed by atoms with Gasteiger partial charge in [0.2, 0.25) is 0 Å². The predicted octanol–water partition coefficient (Wildman–Crippen LogP) is 3.34. The number of ether oxygens (including phenoxy) is 1. The van der Waals surface area contributed by atoms with Crippen molar-refractivity contribution in [1.29, 1.82) is 5.26 Å². The van der Waals surface area contributed by atoms with E-state index in [4.69, 9.17) is 10.00 Å². The molecular weight excluding hydrogens is 210 g/mol. The molecule has 0 aliphatic rings. The van der Waals surface area contributed by atoms with Crippen LogP contribution in [0.1, 0.15) is 11.1 Å². The summed E-state index contributed by atoms with van der Waals surface area (Å²) >= 11 is 0. The molecule has 2 nitrogen and oxygen atoms in total. The second-order valence-corrected chi connectivity index (χ2v) is 3.62. The Balaban J connectivity index is 2.00. The largest absolute Gasteiger partial charge is 0.489 e. The third-order valence-corrected chi connectivity index (χ3v) is 2.34. The topological polar surface area (TPSA) is 33.0 Å². The zero-order valence-corrected chi connectivity index (χ0v) is 9.34. The van der Waals surface area contributed by atoms with Crippen molar-refractivity contribution in [1.82, 2.24) is 0 Å². The number of hydrogen-bond acceptors (Lipinski definition) is 2. The molecule has 0 N–H and O–H groups in total. The summed E-state index contributed by atoms with van der Waals surface area (Å²) in [6, 6.07) is 19.5. The molecule has 0 bridgehead atoms. The van der Waals surface area contributed by atoms with Gasteiger partial charge in [0, 0.05) is 0 Å². The van der Waals surface area contributed by atoms with Gasteiger partial charge in [-0.1, -0.05) is 42.5 Å². The lowest BCUT2D eigenvalue weighted by Gasteiger charge is -2.06. The molecule has 0 amide bonds. The van der Waals surface area contributed by atoms with Crippen molar-refractivity contribution in [3.8, 4) is 11.8 Å². The molecule has 2 aromatic carbocycles. The molecule has 0 fully saturated rings. The highest BCUT2D eigenvalue weighted by Crippen LogP contribution is 2.16. The van der Waals surface area contributed by atoms with Gasteiger partial charge in [-0.05, 0) is 23.3 Å². The molecule has 0 aliphatic carbocycles. The smallest absolute Gasteiger partial charge is 0.120 e. The first-order chi connectivity index (χ1) is 8.38. The highest BCUT2D eigenvalue weighted by molar-refractivity contribution is 5.36. The normalized spacial score (nSPS) is 9.59. The summed E-state index contributed by atoms with van der Waals surface area (Å²) in [7, 11) is 0. The number of hydrogen-bond donors (Lipinski definition) is 0. The third-order valence-electron chi connectivity index (χ3n) is 2.34. The van der Waals surface area contributed by atoms with E-state index in [1.54, 1.807) is 0 Å². The molecule has 0 aliphatic heterocycles. The third kappa shape index (κ3) is 3.35. The molecule has 0 spiro atoms. The highest BCUT2D eigenvalue weighted by Gasteiger charge is 1.97. The number of nitrogens with zero attached hydrogens (tertiary/aromatic N) is 1. The van der Waals surface area contributed by atoms with Crippen LogP contribution in [0.3, 0.4) is 0 Å². The Kier molecular flexibility index (Phi) is 3.77. The van der Waals surface area contributed by atoms with Crippen LogP contribution < -0.4 is 4.74 Å². The lowest BCUT2D eigenvalue weighted by Crippen LogP contribution is -1.95. The lowest BCUT2D eigenvalue weighted by atomic mass is 10.1. The summed E-state index contributed by atoms with van der Waals surface area (Å²) < 4.78 is 5.65. The molecule has 17 heavy (non-hydrogen) atoms. The predicted molar refractivity (Wildman–Crippen MR) is 66.2 cm³/mol. The van der Waals surface area contributed by atoms with Crippen LogP contribution in [-0.4, -0.2) is 0 Å². The summed E-state index contributed by atoms with van der Waals surface area (Å²) in [4.78, 5) is 0. The summed E-state index contributed by atoms with van der Waals surface area (Å²) in [5, 5.41) is 8.57. The van der Waals surface area contributed by atoms with Crippen LogP contribution in [0, 0.1) is 17.8 Å². The first-order valence-electron chi connectivity index (χ1n) is 5.38. The van der Waals surface area contributed by atoms with Gasteiger partial charge >= 0.3 is 0 Å². The van der Waals surface area contributed by atoms with Gasteiger partial charge in [0.15, 0.2) is 0 Å². The Morgan fingerprint density at radius 1 is 1.06 bits per heavy atom. The SMILES string of the molecule is N#C[CH]c1cccc(OCc2ccccc2)c1. The highest BCUT2D eigenvalue weighted by atomic mass is 16.5. The van der Waals surface area contributed by atoms with Crippen LogP contribution in [0.4, 0.5) is 0 Å². The van der Waals surface area contributed by atoms with E-state index >= 15 is 0 Å². The summed E-state index contributed by atoms with van der Waals surface area (Å²) in [6.45, 7) is 0.539. The number of benzene rings is 2. The Morgan fingerprint density at radius 2 is 1.88 bits per heavy atom. The number of rotatable bonds is 4. The second-order valence-electron chi connectivity index (χ2n) is 3.62.